The van der Waals surface area contributed by atoms with Crippen molar-refractivity contribution in [3.05, 3.63) is 81.6 Å². The van der Waals surface area contributed by atoms with Crippen molar-refractivity contribution in [1.82, 2.24) is 34.5 Å². The van der Waals surface area contributed by atoms with E-state index in [1.54, 1.807) is 6.20 Å². The van der Waals surface area contributed by atoms with E-state index in [0.29, 0.717) is 31.1 Å². The van der Waals surface area contributed by atoms with Crippen molar-refractivity contribution < 1.29 is 13.2 Å². The van der Waals surface area contributed by atoms with Crippen molar-refractivity contribution >= 4 is 33.1 Å². The summed E-state index contributed by atoms with van der Waals surface area (Å²) in [5.74, 6) is 0.636. The van der Waals surface area contributed by atoms with Gasteiger partial charge in [-0.05, 0) is 42.3 Å². The van der Waals surface area contributed by atoms with E-state index < -0.39 is 15.6 Å². The van der Waals surface area contributed by atoms with Crippen molar-refractivity contribution in [3.8, 4) is 5.69 Å². The number of hydrogen-bond acceptors (Lipinski definition) is 9. The standard InChI is InChI=1S/C23H23ClN8O4S/c24-19-7-6-18(37(34,35)31-11-13-36-14-12-31)15-20(19)26-22-23(33)32(10-9-25-22)17-4-1-16(2-5-17)3-8-21-27-29-30-28-21/h1-2,4-7,9-10,15H,3,8,11-14H2,(H,25,26)(H,27,28,29,30). The summed E-state index contributed by atoms with van der Waals surface area (Å²) in [5.41, 5.74) is 1.54. The first-order valence-corrected chi connectivity index (χ1v) is 13.3. The largest absolute Gasteiger partial charge is 0.379 e. The number of halogens is 1. The number of tetrazole rings is 1. The molecule has 0 spiro atoms. The van der Waals surface area contributed by atoms with Gasteiger partial charge >= 0.3 is 0 Å². The van der Waals surface area contributed by atoms with Gasteiger partial charge in [0, 0.05) is 37.6 Å². The third-order valence-electron chi connectivity index (χ3n) is 5.88. The van der Waals surface area contributed by atoms with Gasteiger partial charge in [-0.25, -0.2) is 13.4 Å². The second-order valence-electron chi connectivity index (χ2n) is 8.23. The van der Waals surface area contributed by atoms with Crippen LogP contribution < -0.4 is 10.9 Å². The minimum absolute atomic E-state index is 0.00602. The molecule has 12 nitrogen and oxygen atoms in total. The van der Waals surface area contributed by atoms with Gasteiger partial charge in [-0.15, -0.1) is 10.2 Å². The Hall–Kier alpha value is -3.65. The van der Waals surface area contributed by atoms with Gasteiger partial charge in [0.25, 0.3) is 5.56 Å². The molecule has 0 atom stereocenters. The first-order valence-electron chi connectivity index (χ1n) is 11.5. The molecule has 37 heavy (non-hydrogen) atoms. The van der Waals surface area contributed by atoms with E-state index in [4.69, 9.17) is 16.3 Å². The number of sulfonamides is 1. The molecule has 2 aromatic heterocycles. The number of rotatable bonds is 8. The highest BCUT2D eigenvalue weighted by Crippen LogP contribution is 2.28. The maximum absolute atomic E-state index is 13.2. The van der Waals surface area contributed by atoms with Crippen molar-refractivity contribution in [2.75, 3.05) is 31.6 Å². The second-order valence-corrected chi connectivity index (χ2v) is 10.6. The molecular weight excluding hydrogens is 520 g/mol. The lowest BCUT2D eigenvalue weighted by atomic mass is 10.1. The molecule has 1 aliphatic rings. The summed E-state index contributed by atoms with van der Waals surface area (Å²) in [5, 5.41) is 17.0. The SMILES string of the molecule is O=c1c(Nc2cc(S(=O)(=O)N3CCOCC3)ccc2Cl)nccn1-c1ccc(CCc2nn[nH]n2)cc1. The maximum atomic E-state index is 13.2. The lowest BCUT2D eigenvalue weighted by molar-refractivity contribution is 0.0730. The minimum atomic E-state index is -3.74. The fourth-order valence-corrected chi connectivity index (χ4v) is 5.49. The number of benzene rings is 2. The Morgan fingerprint density at radius 1 is 1.08 bits per heavy atom. The summed E-state index contributed by atoms with van der Waals surface area (Å²) in [6.07, 6.45) is 4.40. The first-order chi connectivity index (χ1) is 17.9. The highest BCUT2D eigenvalue weighted by atomic mass is 35.5. The van der Waals surface area contributed by atoms with Gasteiger partial charge in [0.1, 0.15) is 0 Å². The predicted octanol–water partition coefficient (Wildman–Crippen LogP) is 1.95. The van der Waals surface area contributed by atoms with Crippen LogP contribution in [-0.4, -0.2) is 69.2 Å². The lowest BCUT2D eigenvalue weighted by Crippen LogP contribution is -2.40. The smallest absolute Gasteiger partial charge is 0.298 e. The number of ether oxygens (including phenoxy) is 1. The summed E-state index contributed by atoms with van der Waals surface area (Å²) < 4.78 is 34.2. The molecule has 1 aliphatic heterocycles. The number of nitrogens with one attached hydrogen (secondary N) is 2. The number of morpholine rings is 1. The molecule has 0 unspecified atom stereocenters. The maximum Gasteiger partial charge on any atom is 0.298 e. The average molecular weight is 543 g/mol. The Morgan fingerprint density at radius 3 is 2.59 bits per heavy atom. The zero-order chi connectivity index (χ0) is 25.8. The molecule has 0 amide bonds. The van der Waals surface area contributed by atoms with Crippen molar-refractivity contribution in [2.45, 2.75) is 17.7 Å². The third kappa shape index (κ3) is 5.54. The number of H-pyrrole nitrogens is 1. The molecule has 0 aliphatic carbocycles. The van der Waals surface area contributed by atoms with E-state index in [1.807, 2.05) is 24.3 Å². The zero-order valence-corrected chi connectivity index (χ0v) is 21.1. The molecule has 0 saturated carbocycles. The number of anilines is 2. The molecule has 2 N–H and O–H groups in total. The topological polar surface area (TPSA) is 148 Å². The normalized spacial score (nSPS) is 14.5. The summed E-state index contributed by atoms with van der Waals surface area (Å²) >= 11 is 6.33. The van der Waals surface area contributed by atoms with Crippen molar-refractivity contribution in [1.29, 1.82) is 0 Å². The van der Waals surface area contributed by atoms with Gasteiger partial charge in [-0.3, -0.25) is 9.36 Å². The predicted molar refractivity (Wildman–Crippen MR) is 136 cm³/mol. The monoisotopic (exact) mass is 542 g/mol. The highest BCUT2D eigenvalue weighted by molar-refractivity contribution is 7.89. The molecule has 0 bridgehead atoms. The van der Waals surface area contributed by atoms with Gasteiger partial charge in [0.15, 0.2) is 11.6 Å². The minimum Gasteiger partial charge on any atom is -0.379 e. The van der Waals surface area contributed by atoms with Crippen LogP contribution >= 0.6 is 11.6 Å². The number of aryl methyl sites for hydroxylation is 2. The van der Waals surface area contributed by atoms with E-state index in [9.17, 15) is 13.2 Å². The van der Waals surface area contributed by atoms with Gasteiger partial charge in [-0.2, -0.15) is 9.52 Å². The van der Waals surface area contributed by atoms with Crippen LogP contribution in [0.1, 0.15) is 11.4 Å². The summed E-state index contributed by atoms with van der Waals surface area (Å²) in [6, 6.07) is 11.8. The van der Waals surface area contributed by atoms with Crippen molar-refractivity contribution in [2.24, 2.45) is 0 Å². The Kier molecular flexibility index (Phi) is 7.28. The number of nitrogens with zero attached hydrogens (tertiary/aromatic N) is 6. The van der Waals surface area contributed by atoms with Crippen LogP contribution in [0.2, 0.25) is 5.02 Å². The molecule has 0 radical (unpaired) electrons. The quantitative estimate of drug-likeness (QED) is 0.341. The molecule has 1 fully saturated rings. The Balaban J connectivity index is 1.36. The molecule has 5 rings (SSSR count). The number of hydrogen-bond donors (Lipinski definition) is 2. The number of aromatic nitrogens is 6. The molecule has 4 aromatic rings. The van der Waals surface area contributed by atoms with E-state index in [0.717, 1.165) is 12.0 Å². The molecule has 2 aromatic carbocycles. The Bertz CT molecular complexity index is 1540. The van der Waals surface area contributed by atoms with Gasteiger partial charge in [0.05, 0.1) is 28.8 Å². The van der Waals surface area contributed by atoms with Crippen LogP contribution in [-0.2, 0) is 27.6 Å². The van der Waals surface area contributed by atoms with Gasteiger partial charge in [0.2, 0.25) is 10.0 Å². The van der Waals surface area contributed by atoms with Crippen LogP contribution in [0.15, 0.2) is 64.5 Å². The van der Waals surface area contributed by atoms with Crippen molar-refractivity contribution in [3.63, 3.8) is 0 Å². The molecule has 192 valence electrons. The summed E-state index contributed by atoms with van der Waals surface area (Å²) in [7, 11) is -3.74. The molecule has 1 saturated heterocycles. The van der Waals surface area contributed by atoms with Gasteiger partial charge in [-0.1, -0.05) is 28.9 Å². The van der Waals surface area contributed by atoms with E-state index in [2.05, 4.69) is 30.9 Å². The summed E-state index contributed by atoms with van der Waals surface area (Å²) in [6.45, 7) is 1.22. The zero-order valence-electron chi connectivity index (χ0n) is 19.5. The van der Waals surface area contributed by atoms with Crippen LogP contribution in [0.3, 0.4) is 0 Å². The Morgan fingerprint density at radius 2 is 1.86 bits per heavy atom. The third-order valence-corrected chi connectivity index (χ3v) is 8.10. The fourth-order valence-electron chi connectivity index (χ4n) is 3.89. The molecular formula is C23H23ClN8O4S. The van der Waals surface area contributed by atoms with E-state index in [-0.39, 0.29) is 34.5 Å². The molecule has 3 heterocycles. The van der Waals surface area contributed by atoms with Crippen LogP contribution in [0.25, 0.3) is 5.69 Å². The summed E-state index contributed by atoms with van der Waals surface area (Å²) in [4.78, 5) is 17.4. The lowest BCUT2D eigenvalue weighted by Gasteiger charge is -2.26. The second kappa shape index (κ2) is 10.8. The highest BCUT2D eigenvalue weighted by Gasteiger charge is 2.27. The van der Waals surface area contributed by atoms with Crippen LogP contribution in [0.5, 0.6) is 0 Å². The van der Waals surface area contributed by atoms with Crippen LogP contribution in [0.4, 0.5) is 11.5 Å². The number of aromatic amines is 1. The fraction of sp³-hybridized carbons (Fsp3) is 0.261. The first kappa shape index (κ1) is 25.0. The van der Waals surface area contributed by atoms with Gasteiger partial charge < -0.3 is 10.1 Å². The van der Waals surface area contributed by atoms with E-state index in [1.165, 1.54) is 33.3 Å². The molecule has 14 heteroatoms. The average Bonchev–Trinajstić information content (AvgIpc) is 3.44. The van der Waals surface area contributed by atoms with E-state index >= 15 is 0 Å². The van der Waals surface area contributed by atoms with Crippen LogP contribution in [0, 0.1) is 0 Å². The Labute approximate surface area is 217 Å².